The Morgan fingerprint density at radius 3 is 2.56 bits per heavy atom. The fourth-order valence-corrected chi connectivity index (χ4v) is 2.81. The van der Waals surface area contributed by atoms with E-state index in [0.29, 0.717) is 23.5 Å². The number of ether oxygens (including phenoxy) is 1. The van der Waals surface area contributed by atoms with Crippen molar-refractivity contribution in [2.24, 2.45) is 0 Å². The van der Waals surface area contributed by atoms with Crippen LogP contribution in [0.15, 0.2) is 48.5 Å². The predicted molar refractivity (Wildman–Crippen MR) is 100 cm³/mol. The molecule has 2 N–H and O–H groups in total. The van der Waals surface area contributed by atoms with Crippen LogP contribution in [0, 0.1) is 0 Å². The van der Waals surface area contributed by atoms with Crippen LogP contribution in [0.4, 0.5) is 5.69 Å². The Hall–Kier alpha value is -3.35. The average Bonchev–Trinajstić information content (AvgIpc) is 2.68. The van der Waals surface area contributed by atoms with Crippen LogP contribution >= 0.6 is 0 Å². The fourth-order valence-electron chi connectivity index (χ4n) is 2.81. The molecule has 3 amide bonds. The Labute approximate surface area is 157 Å². The van der Waals surface area contributed by atoms with E-state index in [1.54, 1.807) is 56.6 Å². The molecule has 1 atom stereocenters. The number of para-hydroxylation sites is 2. The third-order valence-corrected chi connectivity index (χ3v) is 4.36. The smallest absolute Gasteiger partial charge is 0.266 e. The summed E-state index contributed by atoms with van der Waals surface area (Å²) in [5, 5.41) is 5.31. The number of hydrogen-bond donors (Lipinski definition) is 2. The van der Waals surface area contributed by atoms with Gasteiger partial charge in [-0.25, -0.2) is 0 Å². The summed E-state index contributed by atoms with van der Waals surface area (Å²) in [6.07, 6.45) is -0.905. The number of amides is 3. The largest absolute Gasteiger partial charge is 0.478 e. The van der Waals surface area contributed by atoms with Gasteiger partial charge in [0.05, 0.1) is 12.1 Å². The molecule has 0 saturated heterocycles. The summed E-state index contributed by atoms with van der Waals surface area (Å²) in [6.45, 7) is 0.373. The highest BCUT2D eigenvalue weighted by atomic mass is 16.5. The van der Waals surface area contributed by atoms with Crippen molar-refractivity contribution in [2.45, 2.75) is 19.1 Å². The van der Waals surface area contributed by atoms with Gasteiger partial charge in [0.2, 0.25) is 5.91 Å². The lowest BCUT2D eigenvalue weighted by Gasteiger charge is -2.27. The Morgan fingerprint density at radius 1 is 1.15 bits per heavy atom. The number of nitrogens with zero attached hydrogens (tertiary/aromatic N) is 1. The van der Waals surface area contributed by atoms with Gasteiger partial charge in [-0.15, -0.1) is 0 Å². The molecule has 0 saturated carbocycles. The first-order valence-electron chi connectivity index (χ1n) is 8.59. The molecule has 0 aliphatic carbocycles. The lowest BCUT2D eigenvalue weighted by Crippen LogP contribution is -2.41. The van der Waals surface area contributed by atoms with Crippen molar-refractivity contribution in [1.29, 1.82) is 0 Å². The molecule has 0 aromatic heterocycles. The monoisotopic (exact) mass is 367 g/mol. The summed E-state index contributed by atoms with van der Waals surface area (Å²) < 4.78 is 5.67. The summed E-state index contributed by atoms with van der Waals surface area (Å²) in [4.78, 5) is 37.8. The molecule has 1 aliphatic rings. The number of benzene rings is 2. The number of carbonyl (C=O) groups excluding carboxylic acids is 3. The maximum atomic E-state index is 12.5. The van der Waals surface area contributed by atoms with Gasteiger partial charge < -0.3 is 20.3 Å². The van der Waals surface area contributed by atoms with Gasteiger partial charge in [-0.3, -0.25) is 14.4 Å². The van der Waals surface area contributed by atoms with Crippen LogP contribution in [-0.2, 0) is 16.1 Å². The lowest BCUT2D eigenvalue weighted by molar-refractivity contribution is -0.136. The first-order valence-corrected chi connectivity index (χ1v) is 8.59. The molecule has 1 aliphatic heterocycles. The molecule has 0 bridgehead atoms. The second kappa shape index (κ2) is 7.90. The topological polar surface area (TPSA) is 87.7 Å². The minimum Gasteiger partial charge on any atom is -0.478 e. The normalized spacial score (nSPS) is 15.2. The SMILES string of the molecule is CNC(=O)c1ccc(CN(C)C(=O)C[C@@H]2Oc3ccccc3NC2=O)cc1. The second-order valence-electron chi connectivity index (χ2n) is 6.32. The van der Waals surface area contributed by atoms with Crippen molar-refractivity contribution < 1.29 is 19.1 Å². The highest BCUT2D eigenvalue weighted by molar-refractivity contribution is 6.00. The number of anilines is 1. The van der Waals surface area contributed by atoms with Gasteiger partial charge in [-0.2, -0.15) is 0 Å². The molecular formula is C20H21N3O4. The van der Waals surface area contributed by atoms with Crippen molar-refractivity contribution >= 4 is 23.4 Å². The van der Waals surface area contributed by atoms with Crippen molar-refractivity contribution in [3.05, 3.63) is 59.7 Å². The molecule has 140 valence electrons. The van der Waals surface area contributed by atoms with E-state index in [2.05, 4.69) is 10.6 Å². The summed E-state index contributed by atoms with van der Waals surface area (Å²) in [7, 11) is 3.24. The van der Waals surface area contributed by atoms with Crippen LogP contribution in [0.25, 0.3) is 0 Å². The van der Waals surface area contributed by atoms with Crippen molar-refractivity contribution in [3.8, 4) is 5.75 Å². The Balaban J connectivity index is 1.59. The molecule has 0 fully saturated rings. The molecule has 1 heterocycles. The van der Waals surface area contributed by atoms with Gasteiger partial charge >= 0.3 is 0 Å². The average molecular weight is 367 g/mol. The van der Waals surface area contributed by atoms with Crippen molar-refractivity contribution in [2.75, 3.05) is 19.4 Å². The van der Waals surface area contributed by atoms with E-state index in [1.165, 1.54) is 4.90 Å². The van der Waals surface area contributed by atoms with Crippen molar-refractivity contribution in [3.63, 3.8) is 0 Å². The number of fused-ring (bicyclic) bond motifs is 1. The molecule has 2 aromatic carbocycles. The quantitative estimate of drug-likeness (QED) is 0.843. The number of carbonyl (C=O) groups is 3. The molecule has 27 heavy (non-hydrogen) atoms. The molecule has 0 spiro atoms. The molecule has 7 heteroatoms. The van der Waals surface area contributed by atoms with Crippen LogP contribution < -0.4 is 15.4 Å². The fraction of sp³-hybridized carbons (Fsp3) is 0.250. The Bertz CT molecular complexity index is 864. The third kappa shape index (κ3) is 4.25. The second-order valence-corrected chi connectivity index (χ2v) is 6.32. The maximum absolute atomic E-state index is 12.5. The first kappa shape index (κ1) is 18.4. The molecule has 2 aromatic rings. The van der Waals surface area contributed by atoms with E-state index < -0.39 is 6.10 Å². The zero-order chi connectivity index (χ0) is 19.4. The minimum absolute atomic E-state index is 0.0486. The van der Waals surface area contributed by atoms with Gasteiger partial charge in [0, 0.05) is 26.2 Å². The van der Waals surface area contributed by atoms with Crippen LogP contribution in [0.5, 0.6) is 5.75 Å². The lowest BCUT2D eigenvalue weighted by atomic mass is 10.1. The van der Waals surface area contributed by atoms with E-state index in [0.717, 1.165) is 5.56 Å². The summed E-state index contributed by atoms with van der Waals surface area (Å²) in [5.41, 5.74) is 2.05. The van der Waals surface area contributed by atoms with Crippen LogP contribution in [0.1, 0.15) is 22.3 Å². The van der Waals surface area contributed by atoms with Crippen LogP contribution in [-0.4, -0.2) is 42.8 Å². The number of hydrogen-bond acceptors (Lipinski definition) is 4. The van der Waals surface area contributed by atoms with Gasteiger partial charge in [0.15, 0.2) is 6.10 Å². The minimum atomic E-state index is -0.856. The molecule has 7 nitrogen and oxygen atoms in total. The highest BCUT2D eigenvalue weighted by Gasteiger charge is 2.30. The molecule has 0 unspecified atom stereocenters. The molecule has 3 rings (SSSR count). The molecular weight excluding hydrogens is 346 g/mol. The van der Waals surface area contributed by atoms with Gasteiger partial charge in [-0.1, -0.05) is 24.3 Å². The summed E-state index contributed by atoms with van der Waals surface area (Å²) >= 11 is 0. The van der Waals surface area contributed by atoms with Gasteiger partial charge in [0.25, 0.3) is 11.8 Å². The molecule has 0 radical (unpaired) electrons. The first-order chi connectivity index (χ1) is 13.0. The van der Waals surface area contributed by atoms with Crippen molar-refractivity contribution in [1.82, 2.24) is 10.2 Å². The maximum Gasteiger partial charge on any atom is 0.266 e. The predicted octanol–water partition coefficient (Wildman–Crippen LogP) is 1.79. The van der Waals surface area contributed by atoms with E-state index in [1.807, 2.05) is 6.07 Å². The van der Waals surface area contributed by atoms with Crippen LogP contribution in [0.3, 0.4) is 0 Å². The Morgan fingerprint density at radius 2 is 1.85 bits per heavy atom. The van der Waals surface area contributed by atoms with E-state index in [4.69, 9.17) is 4.74 Å². The van der Waals surface area contributed by atoms with Gasteiger partial charge in [-0.05, 0) is 29.8 Å². The van der Waals surface area contributed by atoms with Crippen LogP contribution in [0.2, 0.25) is 0 Å². The summed E-state index contributed by atoms with van der Waals surface area (Å²) in [5.74, 6) is -0.135. The number of nitrogens with one attached hydrogen (secondary N) is 2. The highest BCUT2D eigenvalue weighted by Crippen LogP contribution is 2.29. The van der Waals surface area contributed by atoms with Gasteiger partial charge in [0.1, 0.15) is 5.75 Å². The van der Waals surface area contributed by atoms with E-state index >= 15 is 0 Å². The third-order valence-electron chi connectivity index (χ3n) is 4.36. The van der Waals surface area contributed by atoms with E-state index in [-0.39, 0.29) is 24.1 Å². The van der Waals surface area contributed by atoms with E-state index in [9.17, 15) is 14.4 Å². The summed E-state index contributed by atoms with van der Waals surface area (Å²) in [6, 6.07) is 14.1. The zero-order valence-electron chi connectivity index (χ0n) is 15.2. The standard InChI is InChI=1S/C20H21N3O4/c1-21-19(25)14-9-7-13(8-10-14)12-23(2)18(24)11-17-20(26)22-15-5-3-4-6-16(15)27-17/h3-10,17H,11-12H2,1-2H3,(H,21,25)(H,22,26)/t17-/m0/s1. The zero-order valence-corrected chi connectivity index (χ0v) is 15.2. The number of rotatable bonds is 5. The Kier molecular flexibility index (Phi) is 5.40.